The maximum atomic E-state index is 12.3. The quantitative estimate of drug-likeness (QED) is 0.432. The van der Waals surface area contributed by atoms with Gasteiger partial charge in [-0.2, -0.15) is 0 Å². The minimum Gasteiger partial charge on any atom is -0.463 e. The number of thiazole rings is 1. The van der Waals surface area contributed by atoms with Crippen molar-refractivity contribution >= 4 is 22.9 Å². The molecule has 6 nitrogen and oxygen atoms in total. The number of rotatable bonds is 9. The zero-order valence-corrected chi connectivity index (χ0v) is 17.6. The van der Waals surface area contributed by atoms with Gasteiger partial charge in [-0.25, -0.2) is 4.98 Å². The predicted octanol–water partition coefficient (Wildman–Crippen LogP) is 3.60. The van der Waals surface area contributed by atoms with Crippen molar-refractivity contribution in [2.45, 2.75) is 33.0 Å². The molecule has 2 N–H and O–H groups in total. The second kappa shape index (κ2) is 9.56. The number of furan rings is 2. The van der Waals surface area contributed by atoms with Crippen molar-refractivity contribution in [2.24, 2.45) is 0 Å². The van der Waals surface area contributed by atoms with E-state index in [0.29, 0.717) is 0 Å². The zero-order valence-electron chi connectivity index (χ0n) is 16.8. The first kappa shape index (κ1) is 20.1. The second-order valence-corrected chi connectivity index (χ2v) is 8.21. The number of aromatic nitrogens is 1. The molecule has 0 radical (unpaired) electrons. The molecule has 0 fully saturated rings. The van der Waals surface area contributed by atoms with Crippen LogP contribution in [0.1, 0.15) is 27.8 Å². The first-order valence-electron chi connectivity index (χ1n) is 9.82. The van der Waals surface area contributed by atoms with Crippen molar-refractivity contribution < 1.29 is 18.5 Å². The molecule has 0 aliphatic heterocycles. The van der Waals surface area contributed by atoms with Crippen LogP contribution in [-0.2, 0) is 30.8 Å². The maximum Gasteiger partial charge on any atom is 0.231 e. The van der Waals surface area contributed by atoms with Crippen LogP contribution in [0.15, 0.2) is 75.3 Å². The highest BCUT2D eigenvalue weighted by molar-refractivity contribution is 7.09. The number of quaternary nitrogens is 1. The van der Waals surface area contributed by atoms with Gasteiger partial charge in [0.25, 0.3) is 0 Å². The molecule has 0 bridgehead atoms. The van der Waals surface area contributed by atoms with E-state index >= 15 is 0 Å². The summed E-state index contributed by atoms with van der Waals surface area (Å²) in [5, 5.41) is 5.76. The van der Waals surface area contributed by atoms with E-state index in [2.05, 4.69) is 10.3 Å². The van der Waals surface area contributed by atoms with E-state index in [-0.39, 0.29) is 12.3 Å². The number of carbonyl (C=O) groups excluding carboxylic acids is 1. The highest BCUT2D eigenvalue weighted by atomic mass is 32.1. The van der Waals surface area contributed by atoms with Crippen LogP contribution in [0.2, 0.25) is 0 Å². The van der Waals surface area contributed by atoms with Gasteiger partial charge >= 0.3 is 0 Å². The molecule has 4 rings (SSSR count). The molecule has 30 heavy (non-hydrogen) atoms. The molecule has 0 saturated heterocycles. The molecule has 7 heteroatoms. The third-order valence-corrected chi connectivity index (χ3v) is 5.58. The molecule has 0 aliphatic carbocycles. The van der Waals surface area contributed by atoms with Crippen molar-refractivity contribution in [1.29, 1.82) is 0 Å². The lowest BCUT2D eigenvalue weighted by molar-refractivity contribution is -0.943. The summed E-state index contributed by atoms with van der Waals surface area (Å²) in [6.45, 7) is 4.20. The van der Waals surface area contributed by atoms with Crippen molar-refractivity contribution in [3.63, 3.8) is 0 Å². The van der Waals surface area contributed by atoms with Crippen LogP contribution in [-0.4, -0.2) is 10.9 Å². The summed E-state index contributed by atoms with van der Waals surface area (Å²) in [6, 6.07) is 15.5. The number of nitrogens with zero attached hydrogens (tertiary/aromatic N) is 1. The van der Waals surface area contributed by atoms with E-state index in [4.69, 9.17) is 8.83 Å². The SMILES string of the molecule is Cc1ccc(NC(=O)Cc2nc(C[NH+](Cc3ccco3)Cc3ccco3)cs2)cc1. The molecule has 0 saturated carbocycles. The van der Waals surface area contributed by atoms with E-state index in [9.17, 15) is 4.79 Å². The molecular formula is C23H24N3O3S+. The van der Waals surface area contributed by atoms with Gasteiger partial charge in [0.05, 0.1) is 18.9 Å². The normalized spacial score (nSPS) is 11.1. The van der Waals surface area contributed by atoms with Gasteiger partial charge in [-0.1, -0.05) is 17.7 Å². The smallest absolute Gasteiger partial charge is 0.231 e. The van der Waals surface area contributed by atoms with E-state index in [1.54, 1.807) is 12.5 Å². The first-order valence-corrected chi connectivity index (χ1v) is 10.7. The number of benzene rings is 1. The van der Waals surface area contributed by atoms with Gasteiger partial charge in [0.2, 0.25) is 5.91 Å². The number of aryl methyl sites for hydroxylation is 1. The molecule has 0 spiro atoms. The average molecular weight is 423 g/mol. The number of anilines is 1. The summed E-state index contributed by atoms with van der Waals surface area (Å²) in [6.07, 6.45) is 3.64. The Hall–Kier alpha value is -3.16. The number of hydrogen-bond donors (Lipinski definition) is 2. The summed E-state index contributed by atoms with van der Waals surface area (Å²) < 4.78 is 11.0. The largest absolute Gasteiger partial charge is 0.463 e. The average Bonchev–Trinajstić information content (AvgIpc) is 3.48. The maximum absolute atomic E-state index is 12.3. The number of amides is 1. The Morgan fingerprint density at radius 2 is 1.67 bits per heavy atom. The predicted molar refractivity (Wildman–Crippen MR) is 115 cm³/mol. The first-order chi connectivity index (χ1) is 14.6. The fourth-order valence-corrected chi connectivity index (χ4v) is 4.05. The fourth-order valence-electron chi connectivity index (χ4n) is 3.25. The van der Waals surface area contributed by atoms with Crippen molar-refractivity contribution in [2.75, 3.05) is 5.32 Å². The molecule has 3 aromatic heterocycles. The van der Waals surface area contributed by atoms with Crippen LogP contribution < -0.4 is 10.2 Å². The Balaban J connectivity index is 1.37. The van der Waals surface area contributed by atoms with E-state index in [0.717, 1.165) is 53.1 Å². The van der Waals surface area contributed by atoms with Crippen molar-refractivity contribution in [3.8, 4) is 0 Å². The van der Waals surface area contributed by atoms with Crippen LogP contribution in [0.5, 0.6) is 0 Å². The van der Waals surface area contributed by atoms with Gasteiger partial charge in [-0.05, 0) is 43.3 Å². The van der Waals surface area contributed by atoms with Gasteiger partial charge in [-0.3, -0.25) is 4.79 Å². The van der Waals surface area contributed by atoms with Gasteiger partial charge < -0.3 is 19.1 Å². The van der Waals surface area contributed by atoms with Crippen LogP contribution in [0.3, 0.4) is 0 Å². The summed E-state index contributed by atoms with van der Waals surface area (Å²) in [5.74, 6) is 1.78. The Bertz CT molecular complexity index is 1020. The minimum atomic E-state index is -0.0601. The van der Waals surface area contributed by atoms with Gasteiger partial charge in [-0.15, -0.1) is 11.3 Å². The summed E-state index contributed by atoms with van der Waals surface area (Å²) in [7, 11) is 0. The lowest BCUT2D eigenvalue weighted by Gasteiger charge is -2.16. The number of nitrogens with one attached hydrogen (secondary N) is 2. The summed E-state index contributed by atoms with van der Waals surface area (Å²) in [4.78, 5) is 18.3. The molecule has 0 unspecified atom stereocenters. The highest BCUT2D eigenvalue weighted by Crippen LogP contribution is 2.13. The van der Waals surface area contributed by atoms with E-state index < -0.39 is 0 Å². The Kier molecular flexibility index (Phi) is 6.41. The molecule has 3 heterocycles. The topological polar surface area (TPSA) is 72.7 Å². The molecular weight excluding hydrogens is 398 g/mol. The number of carbonyl (C=O) groups is 1. The lowest BCUT2D eigenvalue weighted by Crippen LogP contribution is -3.08. The lowest BCUT2D eigenvalue weighted by atomic mass is 10.2. The van der Waals surface area contributed by atoms with E-state index in [1.807, 2.05) is 60.8 Å². The molecule has 154 valence electrons. The van der Waals surface area contributed by atoms with Crippen LogP contribution in [0.4, 0.5) is 5.69 Å². The zero-order chi connectivity index (χ0) is 20.8. The third-order valence-electron chi connectivity index (χ3n) is 4.69. The van der Waals surface area contributed by atoms with Gasteiger partial charge in [0, 0.05) is 11.1 Å². The minimum absolute atomic E-state index is 0.0601. The van der Waals surface area contributed by atoms with Crippen molar-refractivity contribution in [3.05, 3.63) is 94.2 Å². The number of hydrogen-bond acceptors (Lipinski definition) is 5. The van der Waals surface area contributed by atoms with Crippen molar-refractivity contribution in [1.82, 2.24) is 4.98 Å². The van der Waals surface area contributed by atoms with E-state index in [1.165, 1.54) is 16.2 Å². The monoisotopic (exact) mass is 422 g/mol. The second-order valence-electron chi connectivity index (χ2n) is 7.26. The Morgan fingerprint density at radius 3 is 2.27 bits per heavy atom. The Labute approximate surface area is 179 Å². The van der Waals surface area contributed by atoms with Crippen LogP contribution in [0.25, 0.3) is 0 Å². The fraction of sp³-hybridized carbons (Fsp3) is 0.217. The Morgan fingerprint density at radius 1 is 1.00 bits per heavy atom. The summed E-state index contributed by atoms with van der Waals surface area (Å²) >= 11 is 1.52. The van der Waals surface area contributed by atoms with Crippen LogP contribution in [0, 0.1) is 6.92 Å². The van der Waals surface area contributed by atoms with Crippen LogP contribution >= 0.6 is 11.3 Å². The molecule has 0 aliphatic rings. The highest BCUT2D eigenvalue weighted by Gasteiger charge is 2.17. The summed E-state index contributed by atoms with van der Waals surface area (Å²) in [5.41, 5.74) is 2.93. The molecule has 0 atom stereocenters. The standard InChI is InChI=1S/C23H23N3O3S/c1-17-6-8-18(9-7-17)24-22(27)12-23-25-19(16-30-23)13-26(14-20-4-2-10-28-20)15-21-5-3-11-29-21/h2-11,16H,12-15H2,1H3,(H,24,27)/p+1. The van der Waals surface area contributed by atoms with Gasteiger partial charge in [0.1, 0.15) is 30.3 Å². The molecule has 1 aromatic carbocycles. The van der Waals surface area contributed by atoms with Gasteiger partial charge in [0.15, 0.2) is 11.5 Å². The molecule has 4 aromatic rings. The third kappa shape index (κ3) is 5.68. The molecule has 1 amide bonds.